The number of carbonyl (C=O) groups excluding carboxylic acids is 3. The molecule has 4 N–H and O–H groups in total. The minimum absolute atomic E-state index is 0.0840. The largest absolute Gasteiger partial charge is 0.449 e. The van der Waals surface area contributed by atoms with Crippen LogP contribution in [-0.2, 0) is 14.1 Å². The Morgan fingerprint density at radius 3 is 2.41 bits per heavy atom. The number of hydrogen-bond acceptors (Lipinski definition) is 9. The number of carbonyl (C=O) groups is 3. The lowest BCUT2D eigenvalue weighted by Crippen LogP contribution is -2.56. The lowest BCUT2D eigenvalue weighted by Gasteiger charge is -2.36. The summed E-state index contributed by atoms with van der Waals surface area (Å²) in [6, 6.07) is 8.78. The monoisotopic (exact) mass is 632 g/mol. The van der Waals surface area contributed by atoms with E-state index in [0.717, 1.165) is 32.1 Å². The average molecular weight is 633 g/mol. The third-order valence-corrected chi connectivity index (χ3v) is 8.55. The van der Waals surface area contributed by atoms with E-state index in [1.165, 1.54) is 15.9 Å². The van der Waals surface area contributed by atoms with Gasteiger partial charge in [0.15, 0.2) is 5.82 Å². The van der Waals surface area contributed by atoms with Crippen molar-refractivity contribution >= 4 is 31.3 Å². The zero-order valence-corrected chi connectivity index (χ0v) is 25.8. The number of unbranched alkanes of at least 4 members (excludes halogenated alkanes) is 1. The number of piperidine rings is 1. The second-order valence-corrected chi connectivity index (χ2v) is 12.7. The highest BCUT2D eigenvalue weighted by molar-refractivity contribution is 7.51. The lowest BCUT2D eigenvalue weighted by molar-refractivity contribution is -0.134. The van der Waals surface area contributed by atoms with Gasteiger partial charge in [-0.3, -0.25) is 14.2 Å². The van der Waals surface area contributed by atoms with Crippen molar-refractivity contribution in [1.82, 2.24) is 25.1 Å². The van der Waals surface area contributed by atoms with E-state index in [0.29, 0.717) is 24.5 Å². The van der Waals surface area contributed by atoms with Crippen molar-refractivity contribution in [3.63, 3.8) is 0 Å². The summed E-state index contributed by atoms with van der Waals surface area (Å²) < 4.78 is 17.3. The standard InChI is InChI=1S/C29H41N6O8P/c1-2-3-17-43-29(39)34-15-13-33(14-16-34)28(38)24(20-44(40,41)42)31-27(37)23-18-25(35-12-8-7-11-22(35)19-36)32-26(30-23)21-9-5-4-6-10-21/h4-6,9-10,18,22,24,36H,2-3,7-8,11-17,19-20H2,1H3,(H,31,37)(H2,40,41,42)/t22?,24-/m0/s1. The van der Waals surface area contributed by atoms with Gasteiger partial charge < -0.3 is 39.6 Å². The topological polar surface area (TPSA) is 186 Å². The van der Waals surface area contributed by atoms with Crippen LogP contribution in [0.15, 0.2) is 36.4 Å². The normalized spacial score (nSPS) is 18.1. The molecule has 0 bridgehead atoms. The first kappa shape index (κ1) is 33.3. The van der Waals surface area contributed by atoms with E-state index in [2.05, 4.69) is 15.3 Å². The molecule has 15 heteroatoms. The van der Waals surface area contributed by atoms with Gasteiger partial charge in [-0.05, 0) is 25.7 Å². The van der Waals surface area contributed by atoms with Crippen LogP contribution in [0.3, 0.4) is 0 Å². The Morgan fingerprint density at radius 2 is 1.75 bits per heavy atom. The van der Waals surface area contributed by atoms with Crippen LogP contribution in [-0.4, -0.2) is 117 Å². The molecule has 0 saturated carbocycles. The maximum absolute atomic E-state index is 13.6. The molecule has 0 spiro atoms. The Balaban J connectivity index is 1.55. The van der Waals surface area contributed by atoms with Crippen LogP contribution in [0.5, 0.6) is 0 Å². The van der Waals surface area contributed by atoms with E-state index in [1.807, 2.05) is 30.0 Å². The smallest absolute Gasteiger partial charge is 0.409 e. The number of piperazine rings is 1. The van der Waals surface area contributed by atoms with Gasteiger partial charge in [0.2, 0.25) is 5.91 Å². The van der Waals surface area contributed by atoms with Gasteiger partial charge >= 0.3 is 13.7 Å². The summed E-state index contributed by atoms with van der Waals surface area (Å²) in [7, 11) is -4.73. The molecule has 1 unspecified atom stereocenters. The fourth-order valence-corrected chi connectivity index (χ4v) is 6.01. The summed E-state index contributed by atoms with van der Waals surface area (Å²) in [5.41, 5.74) is 0.564. The number of nitrogens with zero attached hydrogens (tertiary/aromatic N) is 5. The van der Waals surface area contributed by atoms with Crippen molar-refractivity contribution in [2.24, 2.45) is 0 Å². The first-order valence-corrected chi connectivity index (χ1v) is 16.8. The minimum atomic E-state index is -4.73. The summed E-state index contributed by atoms with van der Waals surface area (Å²) in [4.78, 5) is 72.8. The highest BCUT2D eigenvalue weighted by atomic mass is 31.2. The fourth-order valence-electron chi connectivity index (χ4n) is 5.29. The second-order valence-electron chi connectivity index (χ2n) is 11.0. The summed E-state index contributed by atoms with van der Waals surface area (Å²) in [6.07, 6.45) is 2.83. The van der Waals surface area contributed by atoms with Gasteiger partial charge in [-0.2, -0.15) is 0 Å². The molecule has 1 aromatic carbocycles. The Bertz CT molecular complexity index is 1330. The molecule has 3 heterocycles. The number of ether oxygens (including phenoxy) is 1. The molecular formula is C29H41N6O8P. The number of anilines is 1. The number of nitrogens with one attached hydrogen (secondary N) is 1. The fraction of sp³-hybridized carbons (Fsp3) is 0.552. The molecule has 2 aliphatic heterocycles. The van der Waals surface area contributed by atoms with Gasteiger partial charge in [-0.15, -0.1) is 0 Å². The van der Waals surface area contributed by atoms with Gasteiger partial charge in [0.05, 0.1) is 25.4 Å². The van der Waals surface area contributed by atoms with E-state index in [-0.39, 0.29) is 50.3 Å². The zero-order valence-electron chi connectivity index (χ0n) is 24.9. The number of aliphatic hydroxyl groups excluding tert-OH is 1. The Labute approximate surface area is 256 Å². The molecule has 2 aliphatic rings. The van der Waals surface area contributed by atoms with Crippen molar-refractivity contribution in [3.05, 3.63) is 42.1 Å². The van der Waals surface area contributed by atoms with Crippen molar-refractivity contribution in [3.8, 4) is 11.4 Å². The van der Waals surface area contributed by atoms with Gasteiger partial charge in [0.25, 0.3) is 5.91 Å². The summed E-state index contributed by atoms with van der Waals surface area (Å²) in [5, 5.41) is 12.5. The maximum atomic E-state index is 13.6. The van der Waals surface area contributed by atoms with E-state index >= 15 is 0 Å². The first-order valence-electron chi connectivity index (χ1n) is 15.0. The number of rotatable bonds is 11. The highest BCUT2D eigenvalue weighted by Crippen LogP contribution is 2.35. The molecule has 0 aliphatic carbocycles. The highest BCUT2D eigenvalue weighted by Gasteiger charge is 2.35. The van der Waals surface area contributed by atoms with Crippen molar-refractivity contribution in [2.75, 3.05) is 57.0 Å². The van der Waals surface area contributed by atoms with Crippen molar-refractivity contribution < 1.29 is 38.6 Å². The van der Waals surface area contributed by atoms with Gasteiger partial charge in [0, 0.05) is 44.4 Å². The molecule has 2 saturated heterocycles. The quantitative estimate of drug-likeness (QED) is 0.209. The summed E-state index contributed by atoms with van der Waals surface area (Å²) >= 11 is 0. The molecule has 240 valence electrons. The Morgan fingerprint density at radius 1 is 1.05 bits per heavy atom. The third-order valence-electron chi connectivity index (χ3n) is 7.71. The van der Waals surface area contributed by atoms with Crippen LogP contribution in [0, 0.1) is 0 Å². The molecule has 2 aromatic rings. The molecule has 4 rings (SSSR count). The molecular weight excluding hydrogens is 591 g/mol. The summed E-state index contributed by atoms with van der Waals surface area (Å²) in [5.74, 6) is -0.777. The Kier molecular flexibility index (Phi) is 11.7. The molecule has 14 nitrogen and oxygen atoms in total. The van der Waals surface area contributed by atoms with E-state index < -0.39 is 37.7 Å². The lowest BCUT2D eigenvalue weighted by atomic mass is 10.0. The van der Waals surface area contributed by atoms with Crippen LogP contribution in [0.25, 0.3) is 11.4 Å². The van der Waals surface area contributed by atoms with Crippen LogP contribution in [0.2, 0.25) is 0 Å². The third kappa shape index (κ3) is 8.98. The second kappa shape index (κ2) is 15.4. The van der Waals surface area contributed by atoms with Crippen LogP contribution in [0.4, 0.5) is 10.6 Å². The molecule has 3 amide bonds. The predicted octanol–water partition coefficient (Wildman–Crippen LogP) is 1.85. The number of aromatic nitrogens is 2. The number of amides is 3. The van der Waals surface area contributed by atoms with E-state index in [4.69, 9.17) is 4.74 Å². The SMILES string of the molecule is CCCCOC(=O)N1CCN(C(=O)[C@H](CP(=O)(O)O)NC(=O)c2cc(N3CCCCC3CO)nc(-c3ccccc3)n2)CC1. The van der Waals surface area contributed by atoms with Crippen LogP contribution in [0.1, 0.15) is 49.5 Å². The molecule has 0 radical (unpaired) electrons. The first-order chi connectivity index (χ1) is 21.1. The van der Waals surface area contributed by atoms with Crippen LogP contribution < -0.4 is 10.2 Å². The number of aliphatic hydroxyl groups is 1. The zero-order chi connectivity index (χ0) is 31.7. The van der Waals surface area contributed by atoms with Gasteiger partial charge in [-0.1, -0.05) is 43.7 Å². The van der Waals surface area contributed by atoms with Gasteiger partial charge in [-0.25, -0.2) is 14.8 Å². The van der Waals surface area contributed by atoms with Crippen LogP contribution >= 0.6 is 7.60 Å². The Hall–Kier alpha value is -3.58. The van der Waals surface area contributed by atoms with E-state index in [1.54, 1.807) is 12.1 Å². The number of benzene rings is 1. The molecule has 2 atom stereocenters. The number of hydrogen-bond donors (Lipinski definition) is 4. The maximum Gasteiger partial charge on any atom is 0.409 e. The van der Waals surface area contributed by atoms with E-state index in [9.17, 15) is 33.8 Å². The average Bonchev–Trinajstić information content (AvgIpc) is 3.03. The van der Waals surface area contributed by atoms with Crippen molar-refractivity contribution in [1.29, 1.82) is 0 Å². The molecule has 2 fully saturated rings. The minimum Gasteiger partial charge on any atom is -0.449 e. The van der Waals surface area contributed by atoms with Gasteiger partial charge in [0.1, 0.15) is 17.6 Å². The molecule has 44 heavy (non-hydrogen) atoms. The molecule has 1 aromatic heterocycles. The van der Waals surface area contributed by atoms with Crippen molar-refractivity contribution in [2.45, 2.75) is 51.1 Å². The predicted molar refractivity (Wildman–Crippen MR) is 162 cm³/mol. The summed E-state index contributed by atoms with van der Waals surface area (Å²) in [6.45, 7) is 3.42.